The molecule has 0 spiro atoms. The number of rotatable bonds is 6. The molecule has 1 unspecified atom stereocenters. The molecule has 0 fully saturated rings. The third kappa shape index (κ3) is 4.35. The lowest BCUT2D eigenvalue weighted by Gasteiger charge is -2.37. The van der Waals surface area contributed by atoms with Crippen molar-refractivity contribution in [3.63, 3.8) is 0 Å². The number of aryl methyl sites for hydroxylation is 1. The Balaban J connectivity index is 1.39. The first-order valence-corrected chi connectivity index (χ1v) is 11.6. The van der Waals surface area contributed by atoms with Gasteiger partial charge in [0.2, 0.25) is 0 Å². The molecule has 4 aromatic rings. The summed E-state index contributed by atoms with van der Waals surface area (Å²) >= 11 is 0. The second-order valence-corrected chi connectivity index (χ2v) is 8.88. The van der Waals surface area contributed by atoms with E-state index >= 15 is 0 Å². The van der Waals surface area contributed by atoms with Crippen LogP contribution in [0.1, 0.15) is 34.5 Å². The Morgan fingerprint density at radius 3 is 2.68 bits per heavy atom. The van der Waals surface area contributed by atoms with Crippen LogP contribution in [0, 0.1) is 6.92 Å². The zero-order valence-electron chi connectivity index (χ0n) is 19.4. The Labute approximate surface area is 199 Å². The standard InChI is InChI=1S/C29H28N2O3/c1-19-14-22(29(32)33)16-23(15-19)31-18-24(34-28-13-6-5-12-27(28)31)17-30-20(2)25-11-7-9-21-8-3-4-10-26(21)25/h3-16,20,24,30H,17-18H2,1-2H3,(H,32,33)/t20-,24?/m1/s1. The predicted molar refractivity (Wildman–Crippen MR) is 136 cm³/mol. The number of anilines is 2. The van der Waals surface area contributed by atoms with Gasteiger partial charge in [-0.25, -0.2) is 4.79 Å². The van der Waals surface area contributed by atoms with Gasteiger partial charge in [0.05, 0.1) is 17.8 Å². The summed E-state index contributed by atoms with van der Waals surface area (Å²) in [5.74, 6) is -0.120. The fourth-order valence-electron chi connectivity index (χ4n) is 4.74. The number of para-hydroxylation sites is 2. The molecule has 5 rings (SSSR count). The second kappa shape index (κ2) is 9.20. The highest BCUT2D eigenvalue weighted by Crippen LogP contribution is 2.38. The summed E-state index contributed by atoms with van der Waals surface area (Å²) in [5.41, 5.74) is 4.27. The van der Waals surface area contributed by atoms with Gasteiger partial charge in [-0.05, 0) is 66.1 Å². The topological polar surface area (TPSA) is 61.8 Å². The van der Waals surface area contributed by atoms with E-state index in [4.69, 9.17) is 4.74 Å². The minimum absolute atomic E-state index is 0.0962. The molecule has 34 heavy (non-hydrogen) atoms. The van der Waals surface area contributed by atoms with Gasteiger partial charge in [-0.3, -0.25) is 0 Å². The van der Waals surface area contributed by atoms with Gasteiger partial charge in [0, 0.05) is 18.3 Å². The SMILES string of the molecule is Cc1cc(C(=O)O)cc(N2CC(CN[C@H](C)c3cccc4ccccc34)Oc3ccccc32)c1. The molecule has 0 saturated carbocycles. The maximum absolute atomic E-state index is 11.7. The second-order valence-electron chi connectivity index (χ2n) is 8.88. The van der Waals surface area contributed by atoms with Gasteiger partial charge in [0.25, 0.3) is 0 Å². The van der Waals surface area contributed by atoms with E-state index in [9.17, 15) is 9.90 Å². The number of hydrogen-bond donors (Lipinski definition) is 2. The van der Waals surface area contributed by atoms with Crippen LogP contribution in [0.25, 0.3) is 10.8 Å². The molecule has 4 aromatic carbocycles. The molecule has 5 heteroatoms. The number of carboxylic acids is 1. The fourth-order valence-corrected chi connectivity index (χ4v) is 4.74. The first-order valence-electron chi connectivity index (χ1n) is 11.6. The van der Waals surface area contributed by atoms with Gasteiger partial charge in [-0.1, -0.05) is 54.6 Å². The number of carbonyl (C=O) groups is 1. The van der Waals surface area contributed by atoms with Gasteiger partial charge in [0.1, 0.15) is 11.9 Å². The lowest BCUT2D eigenvalue weighted by molar-refractivity contribution is 0.0697. The summed E-state index contributed by atoms with van der Waals surface area (Å²) < 4.78 is 6.34. The Bertz CT molecular complexity index is 1350. The molecule has 1 heterocycles. The average molecular weight is 453 g/mol. The minimum Gasteiger partial charge on any atom is -0.485 e. The molecular formula is C29H28N2O3. The highest BCUT2D eigenvalue weighted by atomic mass is 16.5. The molecule has 172 valence electrons. The Morgan fingerprint density at radius 1 is 1.06 bits per heavy atom. The number of benzene rings is 4. The molecule has 0 saturated heterocycles. The van der Waals surface area contributed by atoms with E-state index in [0.717, 1.165) is 22.7 Å². The summed E-state index contributed by atoms with van der Waals surface area (Å²) in [6.07, 6.45) is -0.0962. The third-order valence-electron chi connectivity index (χ3n) is 6.40. The zero-order chi connectivity index (χ0) is 23.7. The molecule has 2 N–H and O–H groups in total. The Morgan fingerprint density at radius 2 is 1.82 bits per heavy atom. The number of aromatic carboxylic acids is 1. The van der Waals surface area contributed by atoms with Crippen LogP contribution >= 0.6 is 0 Å². The van der Waals surface area contributed by atoms with Gasteiger partial charge < -0.3 is 20.1 Å². The molecule has 0 aliphatic carbocycles. The number of hydrogen-bond acceptors (Lipinski definition) is 4. The van der Waals surface area contributed by atoms with Crippen LogP contribution in [0.15, 0.2) is 84.9 Å². The molecule has 0 amide bonds. The van der Waals surface area contributed by atoms with Crippen molar-refractivity contribution in [2.24, 2.45) is 0 Å². The predicted octanol–water partition coefficient (Wildman–Crippen LogP) is 6.10. The molecule has 2 atom stereocenters. The molecule has 1 aliphatic rings. The van der Waals surface area contributed by atoms with E-state index in [1.807, 2.05) is 37.3 Å². The number of carboxylic acid groups (broad SMARTS) is 1. The number of nitrogens with one attached hydrogen (secondary N) is 1. The van der Waals surface area contributed by atoms with E-state index in [1.54, 1.807) is 12.1 Å². The van der Waals surface area contributed by atoms with Crippen LogP contribution < -0.4 is 15.0 Å². The largest absolute Gasteiger partial charge is 0.485 e. The van der Waals surface area contributed by atoms with Gasteiger partial charge in [0.15, 0.2) is 0 Å². The van der Waals surface area contributed by atoms with E-state index in [0.29, 0.717) is 18.7 Å². The van der Waals surface area contributed by atoms with Crippen molar-refractivity contribution in [1.82, 2.24) is 5.32 Å². The van der Waals surface area contributed by atoms with Gasteiger partial charge in [-0.15, -0.1) is 0 Å². The maximum Gasteiger partial charge on any atom is 0.335 e. The fraction of sp³-hybridized carbons (Fsp3) is 0.207. The number of nitrogens with zero attached hydrogens (tertiary/aromatic N) is 1. The van der Waals surface area contributed by atoms with Crippen LogP contribution in [0.3, 0.4) is 0 Å². The average Bonchev–Trinajstić information content (AvgIpc) is 2.86. The van der Waals surface area contributed by atoms with Crippen molar-refractivity contribution in [3.05, 3.63) is 102 Å². The molecular weight excluding hydrogens is 424 g/mol. The molecule has 5 nitrogen and oxygen atoms in total. The minimum atomic E-state index is -0.923. The van der Waals surface area contributed by atoms with Gasteiger partial charge in [-0.2, -0.15) is 0 Å². The Hall–Kier alpha value is -3.83. The van der Waals surface area contributed by atoms with Crippen LogP contribution in [0.4, 0.5) is 11.4 Å². The van der Waals surface area contributed by atoms with Crippen LogP contribution in [-0.2, 0) is 0 Å². The summed E-state index contributed by atoms with van der Waals surface area (Å²) in [6, 6.07) is 28.4. The van der Waals surface area contributed by atoms with E-state index in [1.165, 1.54) is 16.3 Å². The zero-order valence-corrected chi connectivity index (χ0v) is 19.4. The van der Waals surface area contributed by atoms with E-state index in [-0.39, 0.29) is 12.1 Å². The summed E-state index contributed by atoms with van der Waals surface area (Å²) in [4.78, 5) is 13.8. The number of ether oxygens (including phenoxy) is 1. The lowest BCUT2D eigenvalue weighted by Crippen LogP contribution is -2.44. The summed E-state index contributed by atoms with van der Waals surface area (Å²) in [7, 11) is 0. The summed E-state index contributed by atoms with van der Waals surface area (Å²) in [5, 5.41) is 15.7. The summed E-state index contributed by atoms with van der Waals surface area (Å²) in [6.45, 7) is 5.38. The lowest BCUT2D eigenvalue weighted by atomic mass is 9.99. The number of fused-ring (bicyclic) bond motifs is 2. The first-order chi connectivity index (χ1) is 16.5. The Kier molecular flexibility index (Phi) is 5.95. The highest BCUT2D eigenvalue weighted by molar-refractivity contribution is 5.90. The van der Waals surface area contributed by atoms with Crippen molar-refractivity contribution in [1.29, 1.82) is 0 Å². The quantitative estimate of drug-likeness (QED) is 0.370. The highest BCUT2D eigenvalue weighted by Gasteiger charge is 2.27. The van der Waals surface area contributed by atoms with Crippen molar-refractivity contribution >= 4 is 28.1 Å². The first kappa shape index (κ1) is 22.0. The van der Waals surface area contributed by atoms with Gasteiger partial charge >= 0.3 is 5.97 Å². The van der Waals surface area contributed by atoms with E-state index < -0.39 is 5.97 Å². The maximum atomic E-state index is 11.7. The monoisotopic (exact) mass is 452 g/mol. The van der Waals surface area contributed by atoms with Crippen molar-refractivity contribution in [2.45, 2.75) is 26.0 Å². The van der Waals surface area contributed by atoms with Crippen molar-refractivity contribution in [2.75, 3.05) is 18.0 Å². The molecule has 0 radical (unpaired) electrons. The van der Waals surface area contributed by atoms with Crippen LogP contribution in [0.5, 0.6) is 5.75 Å². The van der Waals surface area contributed by atoms with Crippen LogP contribution in [-0.4, -0.2) is 30.3 Å². The molecule has 1 aliphatic heterocycles. The normalized spacial score (nSPS) is 16.1. The third-order valence-corrected chi connectivity index (χ3v) is 6.40. The molecule has 0 bridgehead atoms. The van der Waals surface area contributed by atoms with Crippen molar-refractivity contribution in [3.8, 4) is 5.75 Å². The molecule has 0 aromatic heterocycles. The van der Waals surface area contributed by atoms with Crippen LogP contribution in [0.2, 0.25) is 0 Å². The smallest absolute Gasteiger partial charge is 0.335 e. The van der Waals surface area contributed by atoms with Crippen molar-refractivity contribution < 1.29 is 14.6 Å². The van der Waals surface area contributed by atoms with E-state index in [2.05, 4.69) is 59.6 Å².